The van der Waals surface area contributed by atoms with E-state index in [9.17, 15) is 13.2 Å². The van der Waals surface area contributed by atoms with Crippen molar-refractivity contribution >= 4 is 28.1 Å². The van der Waals surface area contributed by atoms with Gasteiger partial charge in [-0.05, 0) is 42.7 Å². The molecular weight excluding hydrogens is 407 g/mol. The van der Waals surface area contributed by atoms with Crippen molar-refractivity contribution in [3.63, 3.8) is 0 Å². The van der Waals surface area contributed by atoms with Crippen LogP contribution in [0, 0.1) is 0 Å². The summed E-state index contributed by atoms with van der Waals surface area (Å²) in [5.74, 6) is 0.657. The van der Waals surface area contributed by atoms with E-state index in [1.165, 1.54) is 4.52 Å². The summed E-state index contributed by atoms with van der Waals surface area (Å²) in [6.07, 6.45) is -2.53. The van der Waals surface area contributed by atoms with Gasteiger partial charge in [0.15, 0.2) is 0 Å². The minimum absolute atomic E-state index is 0.196. The number of hydrogen-bond acceptors (Lipinski definition) is 5. The number of aromatic nitrogens is 3. The van der Waals surface area contributed by atoms with E-state index >= 15 is 0 Å². The van der Waals surface area contributed by atoms with Crippen LogP contribution in [0.15, 0.2) is 53.4 Å². The van der Waals surface area contributed by atoms with Crippen LogP contribution in [-0.4, -0.2) is 28.0 Å². The first-order chi connectivity index (χ1) is 13.4. The number of hydrogen-bond donors (Lipinski definition) is 0. The summed E-state index contributed by atoms with van der Waals surface area (Å²) in [4.78, 5) is 5.76. The Morgan fingerprint density at radius 1 is 1.00 bits per heavy atom. The monoisotopic (exact) mass is 421 g/mol. The van der Waals surface area contributed by atoms with Crippen LogP contribution in [0.2, 0.25) is 0 Å². The van der Waals surface area contributed by atoms with Crippen molar-refractivity contribution in [2.24, 2.45) is 0 Å². The van der Waals surface area contributed by atoms with E-state index in [0.29, 0.717) is 34.0 Å². The fourth-order valence-corrected chi connectivity index (χ4v) is 4.00. The summed E-state index contributed by atoms with van der Waals surface area (Å²) in [6.45, 7) is 0. The molecule has 4 rings (SSSR count). The third kappa shape index (κ3) is 3.35. The van der Waals surface area contributed by atoms with Crippen molar-refractivity contribution in [3.05, 3.63) is 53.5 Å². The Labute approximate surface area is 167 Å². The van der Waals surface area contributed by atoms with Crippen molar-refractivity contribution in [1.29, 1.82) is 0 Å². The average molecular weight is 421 g/mol. The molecule has 0 bridgehead atoms. The van der Waals surface area contributed by atoms with Crippen LogP contribution in [0.3, 0.4) is 0 Å². The van der Waals surface area contributed by atoms with E-state index < -0.39 is 11.2 Å². The highest BCUT2D eigenvalue weighted by atomic mass is 32.2. The lowest BCUT2D eigenvalue weighted by Crippen LogP contribution is -2.05. The molecule has 0 spiro atoms. The fourth-order valence-electron chi connectivity index (χ4n) is 2.82. The van der Waals surface area contributed by atoms with Gasteiger partial charge in [-0.3, -0.25) is 0 Å². The number of halogens is 3. The van der Waals surface area contributed by atoms with E-state index in [2.05, 4.69) is 10.1 Å². The molecule has 0 N–H and O–H groups in total. The van der Waals surface area contributed by atoms with E-state index in [0.717, 1.165) is 10.5 Å². The third-order valence-corrected chi connectivity index (χ3v) is 5.87. The highest BCUT2D eigenvalue weighted by Crippen LogP contribution is 2.39. The van der Waals surface area contributed by atoms with Gasteiger partial charge in [-0.25, -0.2) is 9.50 Å². The smallest absolute Gasteiger partial charge is 0.445 e. The van der Waals surface area contributed by atoms with E-state index in [1.54, 1.807) is 43.1 Å². The van der Waals surface area contributed by atoms with Gasteiger partial charge in [0, 0.05) is 16.0 Å². The topological polar surface area (TPSA) is 39.4 Å². The maximum absolute atomic E-state index is 13.1. The molecule has 2 aromatic heterocycles. The second-order valence-electron chi connectivity index (χ2n) is 5.87. The van der Waals surface area contributed by atoms with Crippen LogP contribution >= 0.6 is 23.1 Å². The lowest BCUT2D eigenvalue weighted by molar-refractivity contribution is -0.138. The molecule has 0 saturated heterocycles. The molecule has 2 heterocycles. The molecule has 0 fully saturated rings. The van der Waals surface area contributed by atoms with Crippen LogP contribution < -0.4 is 4.74 Å². The first-order valence-electron chi connectivity index (χ1n) is 8.16. The lowest BCUT2D eigenvalue weighted by Gasteiger charge is -2.07. The van der Waals surface area contributed by atoms with E-state index in [1.807, 2.05) is 30.5 Å². The Kier molecular flexibility index (Phi) is 4.80. The normalized spacial score (nSPS) is 11.9. The SMILES string of the molecule is COc1ccc(-c2c(-c3ccc(SC)cc3)nc3sc(C(F)(F)F)nn23)cc1. The predicted molar refractivity (Wildman–Crippen MR) is 105 cm³/mol. The van der Waals surface area contributed by atoms with Crippen molar-refractivity contribution in [2.75, 3.05) is 13.4 Å². The molecule has 4 nitrogen and oxygen atoms in total. The fraction of sp³-hybridized carbons (Fsp3) is 0.158. The number of benzene rings is 2. The van der Waals surface area contributed by atoms with Crippen LogP contribution in [0.1, 0.15) is 5.01 Å². The minimum atomic E-state index is -4.51. The zero-order valence-electron chi connectivity index (χ0n) is 14.8. The highest BCUT2D eigenvalue weighted by molar-refractivity contribution is 7.98. The van der Waals surface area contributed by atoms with Crippen molar-refractivity contribution in [3.8, 4) is 28.3 Å². The molecule has 9 heteroatoms. The first-order valence-corrected chi connectivity index (χ1v) is 10.2. The van der Waals surface area contributed by atoms with Gasteiger partial charge in [-0.2, -0.15) is 13.2 Å². The minimum Gasteiger partial charge on any atom is -0.497 e. The van der Waals surface area contributed by atoms with Gasteiger partial charge in [-0.1, -0.05) is 23.5 Å². The van der Waals surface area contributed by atoms with Crippen molar-refractivity contribution in [1.82, 2.24) is 14.6 Å². The van der Waals surface area contributed by atoms with Crippen LogP contribution in [0.4, 0.5) is 13.2 Å². The Morgan fingerprint density at radius 2 is 1.64 bits per heavy atom. The Balaban J connectivity index is 1.93. The number of ether oxygens (including phenoxy) is 1. The van der Waals surface area contributed by atoms with Crippen molar-refractivity contribution in [2.45, 2.75) is 11.1 Å². The average Bonchev–Trinajstić information content (AvgIpc) is 3.26. The number of alkyl halides is 3. The van der Waals surface area contributed by atoms with Crippen LogP contribution in [0.25, 0.3) is 27.5 Å². The number of nitrogens with zero attached hydrogens (tertiary/aromatic N) is 3. The standard InChI is InChI=1S/C19H14F3N3OS2/c1-26-13-7-3-12(4-8-13)16-15(11-5-9-14(27-2)10-6-11)23-18-25(16)24-17(28-18)19(20,21)22/h3-10H,1-2H3. The molecule has 0 amide bonds. The molecule has 144 valence electrons. The quantitative estimate of drug-likeness (QED) is 0.386. The Morgan fingerprint density at radius 3 is 2.21 bits per heavy atom. The first kappa shape index (κ1) is 18.8. The summed E-state index contributed by atoms with van der Waals surface area (Å²) in [5, 5.41) is 2.87. The zero-order chi connectivity index (χ0) is 19.9. The van der Waals surface area contributed by atoms with Gasteiger partial charge < -0.3 is 4.74 Å². The third-order valence-electron chi connectivity index (χ3n) is 4.17. The number of methoxy groups -OCH3 is 1. The summed E-state index contributed by atoms with van der Waals surface area (Å²) in [7, 11) is 1.56. The van der Waals surface area contributed by atoms with E-state index in [-0.39, 0.29) is 4.96 Å². The largest absolute Gasteiger partial charge is 0.497 e. The van der Waals surface area contributed by atoms with Gasteiger partial charge in [0.1, 0.15) is 17.1 Å². The molecule has 2 aromatic carbocycles. The maximum Gasteiger partial charge on any atom is 0.445 e. The molecular formula is C19H14F3N3OS2. The zero-order valence-corrected chi connectivity index (χ0v) is 16.5. The predicted octanol–water partition coefficient (Wildman–Crippen LogP) is 5.87. The number of fused-ring (bicyclic) bond motifs is 1. The summed E-state index contributed by atoms with van der Waals surface area (Å²) in [6, 6.07) is 14.8. The Bertz CT molecular complexity index is 1120. The van der Waals surface area contributed by atoms with Gasteiger partial charge in [-0.15, -0.1) is 16.9 Å². The van der Waals surface area contributed by atoms with Crippen molar-refractivity contribution < 1.29 is 17.9 Å². The number of rotatable bonds is 4. The van der Waals surface area contributed by atoms with Crippen LogP contribution in [-0.2, 0) is 6.18 Å². The summed E-state index contributed by atoms with van der Waals surface area (Å²) < 4.78 is 45.8. The molecule has 0 aliphatic rings. The lowest BCUT2D eigenvalue weighted by atomic mass is 10.0. The van der Waals surface area contributed by atoms with Gasteiger partial charge in [0.2, 0.25) is 9.97 Å². The summed E-state index contributed by atoms with van der Waals surface area (Å²) >= 11 is 2.14. The second-order valence-corrected chi connectivity index (χ2v) is 7.70. The van der Waals surface area contributed by atoms with Gasteiger partial charge in [0.25, 0.3) is 0 Å². The highest BCUT2D eigenvalue weighted by Gasteiger charge is 2.36. The molecule has 0 unspecified atom stereocenters. The molecule has 0 saturated carbocycles. The molecule has 0 atom stereocenters. The number of imidazole rings is 1. The molecule has 28 heavy (non-hydrogen) atoms. The molecule has 0 aliphatic carbocycles. The second kappa shape index (κ2) is 7.14. The molecule has 0 aliphatic heterocycles. The Hall–Kier alpha value is -2.52. The summed E-state index contributed by atoms with van der Waals surface area (Å²) in [5.41, 5.74) is 2.62. The van der Waals surface area contributed by atoms with Gasteiger partial charge >= 0.3 is 6.18 Å². The van der Waals surface area contributed by atoms with Crippen LogP contribution in [0.5, 0.6) is 5.75 Å². The molecule has 4 aromatic rings. The maximum atomic E-state index is 13.1. The molecule has 0 radical (unpaired) electrons. The van der Waals surface area contributed by atoms with Gasteiger partial charge in [0.05, 0.1) is 7.11 Å². The van der Waals surface area contributed by atoms with E-state index in [4.69, 9.17) is 4.74 Å². The number of thioether (sulfide) groups is 1.